The lowest BCUT2D eigenvalue weighted by Gasteiger charge is -2.07. The molecule has 0 aromatic heterocycles. The maximum Gasteiger partial charge on any atom is 0.192 e. The monoisotopic (exact) mass is 416 g/mol. The Hall–Kier alpha value is -1.47. The molecule has 0 bridgehead atoms. The summed E-state index contributed by atoms with van der Waals surface area (Å²) in [7, 11) is 3.12. The van der Waals surface area contributed by atoms with E-state index in [9.17, 15) is 4.79 Å². The SMILES string of the molecule is CO/C(=C\C(=O)C=S)CO.COCCCCCCOC1=CC=C(Cl)C=CC1. The summed E-state index contributed by atoms with van der Waals surface area (Å²) in [5.74, 6) is 0.862. The van der Waals surface area contributed by atoms with Gasteiger partial charge in [0.15, 0.2) is 5.78 Å². The third-order valence-electron chi connectivity index (χ3n) is 3.39. The number of aliphatic hydroxyl groups excluding tert-OH is 1. The minimum Gasteiger partial charge on any atom is -0.499 e. The molecule has 0 atom stereocenters. The molecule has 7 heteroatoms. The molecular formula is C20H29ClO5S. The van der Waals surface area contributed by atoms with E-state index < -0.39 is 0 Å². The number of ether oxygens (including phenoxy) is 3. The first-order chi connectivity index (χ1) is 13.1. The van der Waals surface area contributed by atoms with Gasteiger partial charge in [-0.1, -0.05) is 36.3 Å². The van der Waals surface area contributed by atoms with Crippen LogP contribution in [-0.4, -0.2) is 50.3 Å². The summed E-state index contributed by atoms with van der Waals surface area (Å²) in [5, 5.41) is 10.2. The fourth-order valence-electron chi connectivity index (χ4n) is 1.96. The summed E-state index contributed by atoms with van der Waals surface area (Å²) in [4.78, 5) is 10.5. The van der Waals surface area contributed by atoms with E-state index in [1.54, 1.807) is 7.11 Å². The summed E-state index contributed by atoms with van der Waals surface area (Å²) >= 11 is 10.2. The third-order valence-corrected chi connectivity index (χ3v) is 3.88. The maximum atomic E-state index is 10.5. The fraction of sp³-hybridized carbons (Fsp3) is 0.500. The van der Waals surface area contributed by atoms with Gasteiger partial charge in [0.2, 0.25) is 0 Å². The van der Waals surface area contributed by atoms with E-state index in [1.165, 1.54) is 20.0 Å². The Bertz CT molecular complexity index is 547. The molecule has 0 unspecified atom stereocenters. The lowest BCUT2D eigenvalue weighted by molar-refractivity contribution is -0.108. The maximum absolute atomic E-state index is 10.5. The Morgan fingerprint density at radius 1 is 1.22 bits per heavy atom. The van der Waals surface area contributed by atoms with Crippen LogP contribution < -0.4 is 0 Å². The van der Waals surface area contributed by atoms with Gasteiger partial charge in [0.1, 0.15) is 12.4 Å². The van der Waals surface area contributed by atoms with Crippen molar-refractivity contribution in [1.29, 1.82) is 0 Å². The van der Waals surface area contributed by atoms with Gasteiger partial charge in [-0.3, -0.25) is 4.79 Å². The Morgan fingerprint density at radius 2 is 1.93 bits per heavy atom. The van der Waals surface area contributed by atoms with E-state index in [0.717, 1.165) is 54.7 Å². The standard InChI is InChI=1S/C14H21ClO2.C6H8O3S/c1-16-11-4-2-3-5-12-17-14-8-6-7-13(15)9-10-14;1-9-6(3-7)2-5(8)4-10/h6-7,9-10H,2-5,8,11-12H2,1H3;2,4,7H,3H2,1H3/b;6-2-. The van der Waals surface area contributed by atoms with Crippen molar-refractivity contribution in [3.8, 4) is 0 Å². The van der Waals surface area contributed by atoms with E-state index in [1.807, 2.05) is 24.3 Å². The zero-order valence-corrected chi connectivity index (χ0v) is 17.6. The summed E-state index contributed by atoms with van der Waals surface area (Å²) in [6.45, 7) is 1.36. The van der Waals surface area contributed by atoms with Crippen molar-refractivity contribution in [2.45, 2.75) is 32.1 Å². The molecule has 1 aliphatic carbocycles. The van der Waals surface area contributed by atoms with Gasteiger partial charge < -0.3 is 19.3 Å². The number of unbranched alkanes of at least 4 members (excludes halogenated alkanes) is 3. The topological polar surface area (TPSA) is 65.0 Å². The van der Waals surface area contributed by atoms with Crippen LogP contribution in [0.5, 0.6) is 0 Å². The normalized spacial score (nSPS) is 13.6. The second-order valence-electron chi connectivity index (χ2n) is 5.54. The summed E-state index contributed by atoms with van der Waals surface area (Å²) in [5.41, 5.74) is 0. The molecule has 0 amide bonds. The number of aliphatic hydroxyl groups is 1. The largest absolute Gasteiger partial charge is 0.499 e. The number of rotatable bonds is 12. The Kier molecular flexibility index (Phi) is 16.9. The number of hydrogen-bond donors (Lipinski definition) is 1. The van der Waals surface area contributed by atoms with Crippen LogP contribution in [0.3, 0.4) is 0 Å². The van der Waals surface area contributed by atoms with Crippen LogP contribution in [0.25, 0.3) is 0 Å². The van der Waals surface area contributed by atoms with Crippen molar-refractivity contribution in [3.63, 3.8) is 0 Å². The predicted octanol–water partition coefficient (Wildman–Crippen LogP) is 4.25. The third kappa shape index (κ3) is 15.3. The zero-order valence-electron chi connectivity index (χ0n) is 16.0. The number of halogens is 1. The van der Waals surface area contributed by atoms with Crippen molar-refractivity contribution < 1.29 is 24.1 Å². The Balaban J connectivity index is 0.000000580. The van der Waals surface area contributed by atoms with Crippen LogP contribution >= 0.6 is 23.8 Å². The molecule has 0 aliphatic heterocycles. The lowest BCUT2D eigenvalue weighted by atomic mass is 10.2. The summed E-state index contributed by atoms with van der Waals surface area (Å²) < 4.78 is 15.3. The number of thiocarbonyl (C=S) groups is 1. The van der Waals surface area contributed by atoms with Crippen LogP contribution in [0.4, 0.5) is 0 Å². The smallest absolute Gasteiger partial charge is 0.192 e. The molecule has 27 heavy (non-hydrogen) atoms. The van der Waals surface area contributed by atoms with Gasteiger partial charge in [-0.25, -0.2) is 0 Å². The van der Waals surface area contributed by atoms with Crippen molar-refractivity contribution in [3.05, 3.63) is 46.9 Å². The molecule has 0 aromatic carbocycles. The first-order valence-corrected chi connectivity index (χ1v) is 9.61. The molecule has 0 spiro atoms. The molecule has 1 rings (SSSR count). The van der Waals surface area contributed by atoms with Crippen LogP contribution in [0.2, 0.25) is 0 Å². The van der Waals surface area contributed by atoms with Gasteiger partial charge in [0.05, 0.1) is 19.5 Å². The zero-order chi connectivity index (χ0) is 20.3. The van der Waals surface area contributed by atoms with Crippen LogP contribution in [0, 0.1) is 0 Å². The van der Waals surface area contributed by atoms with E-state index >= 15 is 0 Å². The average molecular weight is 417 g/mol. The van der Waals surface area contributed by atoms with Gasteiger partial charge >= 0.3 is 0 Å². The summed E-state index contributed by atoms with van der Waals surface area (Å²) in [6, 6.07) is 0. The molecule has 0 heterocycles. The molecule has 5 nitrogen and oxygen atoms in total. The second kappa shape index (κ2) is 17.9. The van der Waals surface area contributed by atoms with Crippen molar-refractivity contribution in [1.82, 2.24) is 0 Å². The molecule has 1 N–H and O–H groups in total. The second-order valence-corrected chi connectivity index (χ2v) is 6.21. The van der Waals surface area contributed by atoms with Crippen molar-refractivity contribution >= 4 is 35.0 Å². The number of methoxy groups -OCH3 is 2. The highest BCUT2D eigenvalue weighted by molar-refractivity contribution is 7.80. The molecule has 0 fully saturated rings. The quantitative estimate of drug-likeness (QED) is 0.222. The van der Waals surface area contributed by atoms with Gasteiger partial charge in [0, 0.05) is 36.6 Å². The van der Waals surface area contributed by atoms with E-state index in [-0.39, 0.29) is 18.1 Å². The highest BCUT2D eigenvalue weighted by Gasteiger charge is 1.99. The van der Waals surface area contributed by atoms with E-state index in [2.05, 4.69) is 17.0 Å². The molecule has 0 aromatic rings. The van der Waals surface area contributed by atoms with E-state index in [0.29, 0.717) is 0 Å². The van der Waals surface area contributed by atoms with Gasteiger partial charge in [-0.2, -0.15) is 0 Å². The Morgan fingerprint density at radius 3 is 2.52 bits per heavy atom. The summed E-state index contributed by atoms with van der Waals surface area (Å²) in [6.07, 6.45) is 14.4. The van der Waals surface area contributed by atoms with Gasteiger partial charge in [-0.15, -0.1) is 0 Å². The Labute approximate surface area is 172 Å². The molecule has 152 valence electrons. The number of carbonyl (C=O) groups excluding carboxylic acids is 1. The average Bonchev–Trinajstić information content (AvgIpc) is 2.89. The number of carbonyl (C=O) groups is 1. The predicted molar refractivity (Wildman–Crippen MR) is 113 cm³/mol. The van der Waals surface area contributed by atoms with Gasteiger partial charge in [0.25, 0.3) is 0 Å². The number of ketones is 1. The number of hydrogen-bond acceptors (Lipinski definition) is 6. The fourth-order valence-corrected chi connectivity index (χ4v) is 2.18. The minimum atomic E-state index is -0.346. The molecule has 0 radical (unpaired) electrons. The van der Waals surface area contributed by atoms with Gasteiger partial charge in [-0.05, 0) is 37.5 Å². The van der Waals surface area contributed by atoms with E-state index in [4.69, 9.17) is 26.2 Å². The van der Waals surface area contributed by atoms with Crippen LogP contribution in [0.15, 0.2) is 46.9 Å². The van der Waals surface area contributed by atoms with Crippen molar-refractivity contribution in [2.75, 3.05) is 34.0 Å². The number of allylic oxidation sites excluding steroid dienone is 6. The minimum absolute atomic E-state index is 0.214. The first-order valence-electron chi connectivity index (χ1n) is 8.76. The molecule has 0 saturated heterocycles. The highest BCUT2D eigenvalue weighted by Crippen LogP contribution is 2.15. The van der Waals surface area contributed by atoms with Crippen LogP contribution in [0.1, 0.15) is 32.1 Å². The lowest BCUT2D eigenvalue weighted by Crippen LogP contribution is -1.99. The molecular weight excluding hydrogens is 388 g/mol. The van der Waals surface area contributed by atoms with Crippen molar-refractivity contribution in [2.24, 2.45) is 0 Å². The first kappa shape index (κ1) is 25.5. The molecule has 1 aliphatic rings. The molecule has 0 saturated carbocycles. The van der Waals surface area contributed by atoms with Crippen LogP contribution in [-0.2, 0) is 19.0 Å². The highest BCUT2D eigenvalue weighted by atomic mass is 35.5.